The number of rotatable bonds is 6. The van der Waals surface area contributed by atoms with Gasteiger partial charge < -0.3 is 4.98 Å². The van der Waals surface area contributed by atoms with Crippen LogP contribution in [0, 0.1) is 0 Å². The van der Waals surface area contributed by atoms with Crippen LogP contribution in [-0.4, -0.2) is 4.98 Å². The van der Waals surface area contributed by atoms with Crippen LogP contribution in [0.1, 0.15) is 44.6 Å². The van der Waals surface area contributed by atoms with Crippen LogP contribution in [0.4, 0.5) is 0 Å². The minimum Gasteiger partial charge on any atom is -0.353 e. The summed E-state index contributed by atoms with van der Waals surface area (Å²) >= 11 is 6.20. The van der Waals surface area contributed by atoms with Gasteiger partial charge in [0, 0.05) is 16.3 Å². The van der Waals surface area contributed by atoms with E-state index in [0.717, 1.165) is 22.8 Å². The standard InChI is InChI=1S/C20H22ClNO/c1-2-3-4-5-6-8-14-11-12-18-16(13-14)20(23)15-9-7-10-17(21)19(15)22-18/h7,9-13H,2-6,8H2,1H3,(H,22,23). The molecule has 3 heteroatoms. The van der Waals surface area contributed by atoms with Crippen molar-refractivity contribution in [2.45, 2.75) is 45.4 Å². The monoisotopic (exact) mass is 327 g/mol. The third kappa shape index (κ3) is 3.42. The Kier molecular flexibility index (Phi) is 5.02. The van der Waals surface area contributed by atoms with Gasteiger partial charge in [-0.05, 0) is 42.7 Å². The van der Waals surface area contributed by atoms with E-state index in [1.54, 1.807) is 6.07 Å². The van der Waals surface area contributed by atoms with Crippen molar-refractivity contribution in [1.82, 2.24) is 4.98 Å². The molecule has 120 valence electrons. The molecule has 0 atom stereocenters. The number of pyridine rings is 1. The van der Waals surface area contributed by atoms with Gasteiger partial charge in [0.1, 0.15) is 0 Å². The van der Waals surface area contributed by atoms with Crippen LogP contribution in [-0.2, 0) is 6.42 Å². The molecule has 1 heterocycles. The second kappa shape index (κ2) is 7.18. The van der Waals surface area contributed by atoms with Crippen molar-refractivity contribution in [3.8, 4) is 0 Å². The van der Waals surface area contributed by atoms with Crippen molar-refractivity contribution < 1.29 is 0 Å². The Labute approximate surface area is 141 Å². The van der Waals surface area contributed by atoms with Gasteiger partial charge in [-0.2, -0.15) is 0 Å². The third-order valence-electron chi connectivity index (χ3n) is 4.42. The summed E-state index contributed by atoms with van der Waals surface area (Å²) in [6.07, 6.45) is 7.35. The van der Waals surface area contributed by atoms with E-state index in [2.05, 4.69) is 18.0 Å². The number of H-pyrrole nitrogens is 1. The first kappa shape index (κ1) is 16.1. The van der Waals surface area contributed by atoms with Crippen molar-refractivity contribution >= 4 is 33.4 Å². The van der Waals surface area contributed by atoms with Gasteiger partial charge in [0.25, 0.3) is 0 Å². The highest BCUT2D eigenvalue weighted by Gasteiger charge is 2.08. The van der Waals surface area contributed by atoms with E-state index in [1.807, 2.05) is 24.3 Å². The molecule has 0 bridgehead atoms. The van der Waals surface area contributed by atoms with E-state index in [4.69, 9.17) is 11.6 Å². The Hall–Kier alpha value is -1.80. The summed E-state index contributed by atoms with van der Waals surface area (Å²) in [6, 6.07) is 11.6. The molecule has 0 saturated heterocycles. The second-order valence-corrected chi connectivity index (χ2v) is 6.57. The minimum absolute atomic E-state index is 0.0593. The summed E-state index contributed by atoms with van der Waals surface area (Å²) in [5.41, 5.74) is 2.87. The Bertz CT molecular complexity index is 882. The first-order valence-corrected chi connectivity index (χ1v) is 8.81. The van der Waals surface area contributed by atoms with Gasteiger partial charge in [0.2, 0.25) is 0 Å². The quantitative estimate of drug-likeness (QED) is 0.447. The number of hydrogen-bond acceptors (Lipinski definition) is 1. The van der Waals surface area contributed by atoms with Crippen LogP contribution in [0.25, 0.3) is 21.8 Å². The molecule has 0 unspecified atom stereocenters. The maximum atomic E-state index is 12.7. The van der Waals surface area contributed by atoms with Gasteiger partial charge >= 0.3 is 0 Å². The fourth-order valence-corrected chi connectivity index (χ4v) is 3.32. The van der Waals surface area contributed by atoms with Gasteiger partial charge in [-0.15, -0.1) is 0 Å². The molecule has 0 aliphatic rings. The number of aryl methyl sites for hydroxylation is 1. The average Bonchev–Trinajstić information content (AvgIpc) is 2.56. The van der Waals surface area contributed by atoms with Crippen molar-refractivity contribution in [3.63, 3.8) is 0 Å². The predicted octanol–water partition coefficient (Wildman–Crippen LogP) is 5.85. The highest BCUT2D eigenvalue weighted by molar-refractivity contribution is 6.35. The molecule has 3 aromatic rings. The molecule has 0 aliphatic heterocycles. The zero-order valence-corrected chi connectivity index (χ0v) is 14.2. The largest absolute Gasteiger partial charge is 0.353 e. The SMILES string of the molecule is CCCCCCCc1ccc2[nH]c3c(Cl)cccc3c(=O)c2c1. The number of fused-ring (bicyclic) bond motifs is 2. The number of para-hydroxylation sites is 1. The molecule has 0 radical (unpaired) electrons. The zero-order chi connectivity index (χ0) is 16.2. The van der Waals surface area contributed by atoms with Gasteiger partial charge in [-0.25, -0.2) is 0 Å². The first-order valence-electron chi connectivity index (χ1n) is 8.44. The molecule has 23 heavy (non-hydrogen) atoms. The maximum Gasteiger partial charge on any atom is 0.197 e. The minimum atomic E-state index is 0.0593. The molecule has 0 spiro atoms. The lowest BCUT2D eigenvalue weighted by Gasteiger charge is -2.07. The Morgan fingerprint density at radius 2 is 1.83 bits per heavy atom. The number of aromatic nitrogens is 1. The van der Waals surface area contributed by atoms with Crippen molar-refractivity contribution in [1.29, 1.82) is 0 Å². The van der Waals surface area contributed by atoms with Crippen LogP contribution in [0.15, 0.2) is 41.2 Å². The summed E-state index contributed by atoms with van der Waals surface area (Å²) in [4.78, 5) is 16.0. The molecule has 3 rings (SSSR count). The van der Waals surface area contributed by atoms with E-state index < -0.39 is 0 Å². The number of benzene rings is 2. The van der Waals surface area contributed by atoms with E-state index >= 15 is 0 Å². The smallest absolute Gasteiger partial charge is 0.197 e. The van der Waals surface area contributed by atoms with Crippen molar-refractivity contribution in [3.05, 3.63) is 57.2 Å². The number of aromatic amines is 1. The van der Waals surface area contributed by atoms with Crippen molar-refractivity contribution in [2.24, 2.45) is 0 Å². The topological polar surface area (TPSA) is 32.9 Å². The van der Waals surface area contributed by atoms with Crippen LogP contribution < -0.4 is 5.43 Å². The molecule has 2 aromatic carbocycles. The summed E-state index contributed by atoms with van der Waals surface area (Å²) in [5.74, 6) is 0. The summed E-state index contributed by atoms with van der Waals surface area (Å²) < 4.78 is 0. The highest BCUT2D eigenvalue weighted by Crippen LogP contribution is 2.22. The normalized spacial score (nSPS) is 11.4. The summed E-state index contributed by atoms with van der Waals surface area (Å²) in [7, 11) is 0. The molecule has 0 amide bonds. The fourth-order valence-electron chi connectivity index (χ4n) is 3.10. The van der Waals surface area contributed by atoms with Crippen molar-refractivity contribution in [2.75, 3.05) is 0 Å². The number of nitrogens with one attached hydrogen (secondary N) is 1. The van der Waals surface area contributed by atoms with E-state index in [9.17, 15) is 4.79 Å². The Morgan fingerprint density at radius 1 is 1.00 bits per heavy atom. The molecule has 0 fully saturated rings. The molecular weight excluding hydrogens is 306 g/mol. The molecule has 0 aliphatic carbocycles. The van der Waals surface area contributed by atoms with E-state index in [0.29, 0.717) is 10.4 Å². The van der Waals surface area contributed by atoms with Gasteiger partial charge in [-0.3, -0.25) is 4.79 Å². The second-order valence-electron chi connectivity index (χ2n) is 6.16. The van der Waals surface area contributed by atoms with E-state index in [-0.39, 0.29) is 5.43 Å². The molecule has 1 aromatic heterocycles. The lowest BCUT2D eigenvalue weighted by molar-refractivity contribution is 0.632. The van der Waals surface area contributed by atoms with Crippen LogP contribution in [0.5, 0.6) is 0 Å². The van der Waals surface area contributed by atoms with Crippen LogP contribution in [0.3, 0.4) is 0 Å². The summed E-state index contributed by atoms with van der Waals surface area (Å²) in [6.45, 7) is 2.23. The number of unbranched alkanes of at least 4 members (excludes halogenated alkanes) is 4. The maximum absolute atomic E-state index is 12.7. The predicted molar refractivity (Wildman–Crippen MR) is 99.5 cm³/mol. The lowest BCUT2D eigenvalue weighted by atomic mass is 10.0. The molecule has 1 N–H and O–H groups in total. The first-order chi connectivity index (χ1) is 11.2. The summed E-state index contributed by atoms with van der Waals surface area (Å²) in [5, 5.41) is 2.00. The Balaban J connectivity index is 1.92. The molecule has 2 nitrogen and oxygen atoms in total. The Morgan fingerprint density at radius 3 is 2.65 bits per heavy atom. The number of hydrogen-bond donors (Lipinski definition) is 1. The fraction of sp³-hybridized carbons (Fsp3) is 0.350. The lowest BCUT2D eigenvalue weighted by Crippen LogP contribution is -2.05. The zero-order valence-electron chi connectivity index (χ0n) is 13.5. The van der Waals surface area contributed by atoms with Crippen LogP contribution in [0.2, 0.25) is 5.02 Å². The van der Waals surface area contributed by atoms with E-state index in [1.165, 1.54) is 37.7 Å². The highest BCUT2D eigenvalue weighted by atomic mass is 35.5. The molecule has 0 saturated carbocycles. The van der Waals surface area contributed by atoms with Gasteiger partial charge in [-0.1, -0.05) is 56.3 Å². The average molecular weight is 328 g/mol. The van der Waals surface area contributed by atoms with Gasteiger partial charge in [0.15, 0.2) is 5.43 Å². The molecular formula is C20H22ClNO. The van der Waals surface area contributed by atoms with Crippen LogP contribution >= 0.6 is 11.6 Å². The number of halogens is 1. The third-order valence-corrected chi connectivity index (χ3v) is 4.73. The van der Waals surface area contributed by atoms with Gasteiger partial charge in [0.05, 0.1) is 10.5 Å².